The number of rotatable bonds is 6. The molecule has 81 heavy (non-hydrogen) atoms. The maximum atomic E-state index is 4.17. The number of anilines is 14. The van der Waals surface area contributed by atoms with Gasteiger partial charge in [0.2, 0.25) is 0 Å². The van der Waals surface area contributed by atoms with Gasteiger partial charge in [-0.3, -0.25) is 12.9 Å². The molecule has 15 heteroatoms. The first-order valence-electron chi connectivity index (χ1n) is 27.8. The van der Waals surface area contributed by atoms with E-state index in [1.165, 1.54) is 166 Å². The molecule has 17 rings (SSSR count). The zero-order valence-corrected chi connectivity index (χ0v) is 51.7. The topological polar surface area (TPSA) is 28.2 Å². The first-order chi connectivity index (χ1) is 39.4. The molecule has 394 valence electrons. The van der Waals surface area contributed by atoms with E-state index in [-0.39, 0.29) is 31.0 Å². The largest absolute Gasteiger partial charge is 0.356 e. The van der Waals surface area contributed by atoms with Crippen LogP contribution in [0.5, 0.6) is 0 Å². The normalized spacial score (nSPS) is 16.4. The molecule has 0 saturated heterocycles. The van der Waals surface area contributed by atoms with Crippen LogP contribution in [0.2, 0.25) is 0 Å². The SMILES string of the molecule is CSc1cc2c3c(c1)N(SC)c1cc4c(cc1B3c1cc3c(cc1N2SC)Nc1cc(SC)cc2c1B3c1cccc3c1N2c1ccccc1C3(C)C)B1c2cccc3c2N(c2ccccc2C3(C)C)c2cc(SC)cc(c21)N4SC. The minimum atomic E-state index is -0.193. The van der Waals surface area contributed by atoms with Gasteiger partial charge in [0.25, 0.3) is 20.1 Å². The average molecular weight is 1160 g/mol. The van der Waals surface area contributed by atoms with Crippen LogP contribution < -0.4 is 77.2 Å². The second-order valence-electron chi connectivity index (χ2n) is 23.5. The maximum Gasteiger partial charge on any atom is 0.252 e. The molecule has 0 amide bonds. The van der Waals surface area contributed by atoms with Gasteiger partial charge in [0.15, 0.2) is 0 Å². The molecule has 8 aliphatic rings. The van der Waals surface area contributed by atoms with Crippen molar-refractivity contribution >= 4 is 220 Å². The van der Waals surface area contributed by atoms with Crippen LogP contribution >= 0.6 is 71.1 Å². The summed E-state index contributed by atoms with van der Waals surface area (Å²) in [6, 6.07) is 57.8. The van der Waals surface area contributed by atoms with Gasteiger partial charge in [0, 0.05) is 95.5 Å². The fourth-order valence-electron chi connectivity index (χ4n) is 15.9. The molecule has 9 aromatic rings. The number of fused-ring (bicyclic) bond motifs is 16. The fourth-order valence-corrected chi connectivity index (χ4v) is 19.4. The number of nitrogens with zero attached hydrogens (tertiary/aromatic N) is 5. The van der Waals surface area contributed by atoms with Gasteiger partial charge in [-0.1, -0.05) is 113 Å². The molecule has 0 unspecified atom stereocenters. The van der Waals surface area contributed by atoms with Crippen molar-refractivity contribution in [2.45, 2.75) is 53.2 Å². The molecule has 0 radical (unpaired) electrons. The van der Waals surface area contributed by atoms with Crippen molar-refractivity contribution in [3.8, 4) is 0 Å². The number of benzene rings is 9. The number of nitrogens with one attached hydrogen (secondary N) is 1. The van der Waals surface area contributed by atoms with E-state index >= 15 is 0 Å². The highest BCUT2D eigenvalue weighted by atomic mass is 32.2. The maximum absolute atomic E-state index is 4.17. The molecule has 0 aliphatic carbocycles. The lowest BCUT2D eigenvalue weighted by atomic mass is 9.29. The van der Waals surface area contributed by atoms with Crippen molar-refractivity contribution < 1.29 is 0 Å². The number of thioether (sulfide) groups is 3. The van der Waals surface area contributed by atoms with Gasteiger partial charge in [-0.25, -0.2) is 0 Å². The minimum absolute atomic E-state index is 0.00717. The summed E-state index contributed by atoms with van der Waals surface area (Å²) in [4.78, 5) is 9.04. The summed E-state index contributed by atoms with van der Waals surface area (Å²) >= 11 is 11.0. The number of para-hydroxylation sites is 4. The van der Waals surface area contributed by atoms with Crippen LogP contribution in [0.25, 0.3) is 0 Å². The average Bonchev–Trinajstić information content (AvgIpc) is 1.92. The Morgan fingerprint density at radius 2 is 0.728 bits per heavy atom. The summed E-state index contributed by atoms with van der Waals surface area (Å²) in [5.74, 6) is 0. The van der Waals surface area contributed by atoms with Crippen LogP contribution in [0.3, 0.4) is 0 Å². The van der Waals surface area contributed by atoms with Crippen LogP contribution in [0.15, 0.2) is 160 Å². The molecule has 1 N–H and O–H groups in total. The molecule has 0 bridgehead atoms. The van der Waals surface area contributed by atoms with E-state index in [2.05, 4.69) is 239 Å². The lowest BCUT2D eigenvalue weighted by Gasteiger charge is -2.50. The first kappa shape index (κ1) is 49.7. The summed E-state index contributed by atoms with van der Waals surface area (Å²) in [5, 5.41) is 4.17. The van der Waals surface area contributed by atoms with Crippen LogP contribution in [0.1, 0.15) is 49.9 Å². The molecule has 0 fully saturated rings. The predicted molar refractivity (Wildman–Crippen MR) is 365 cm³/mol. The Balaban J connectivity index is 0.940. The van der Waals surface area contributed by atoms with E-state index in [1.807, 2.05) is 71.1 Å². The van der Waals surface area contributed by atoms with Gasteiger partial charge in [-0.2, -0.15) is 0 Å². The molecule has 9 aromatic carbocycles. The summed E-state index contributed by atoms with van der Waals surface area (Å²) in [6.45, 7) is 9.67. The molecule has 8 heterocycles. The molecule has 0 saturated carbocycles. The number of hydrogen-bond donors (Lipinski definition) is 1. The van der Waals surface area contributed by atoms with E-state index in [4.69, 9.17) is 0 Å². The molecule has 0 atom stereocenters. The third kappa shape index (κ3) is 6.25. The molecular weight excluding hydrogens is 1100 g/mol. The van der Waals surface area contributed by atoms with Crippen LogP contribution in [0.4, 0.5) is 79.6 Å². The number of hydrogen-bond acceptors (Lipinski definition) is 12. The molecule has 0 aromatic heterocycles. The third-order valence-electron chi connectivity index (χ3n) is 19.3. The minimum Gasteiger partial charge on any atom is -0.356 e. The molecular formula is C66H55B3N6S6. The van der Waals surface area contributed by atoms with Crippen molar-refractivity contribution in [1.29, 1.82) is 0 Å². The Morgan fingerprint density at radius 3 is 1.22 bits per heavy atom. The van der Waals surface area contributed by atoms with Crippen molar-refractivity contribution in [2.75, 3.05) is 65.6 Å². The quantitative estimate of drug-likeness (QED) is 0.0977. The van der Waals surface area contributed by atoms with Crippen LogP contribution in [-0.2, 0) is 10.8 Å². The molecule has 0 spiro atoms. The molecule has 8 aliphatic heterocycles. The highest BCUT2D eigenvalue weighted by Crippen LogP contribution is 2.57. The van der Waals surface area contributed by atoms with Gasteiger partial charge in [0.05, 0.1) is 28.4 Å². The third-order valence-corrected chi connectivity index (χ3v) is 23.7. The van der Waals surface area contributed by atoms with Gasteiger partial charge in [-0.05, 0) is 187 Å². The molecule has 6 nitrogen and oxygen atoms in total. The summed E-state index contributed by atoms with van der Waals surface area (Å²) in [5.41, 5.74) is 35.2. The summed E-state index contributed by atoms with van der Waals surface area (Å²) in [7, 11) is 0. The van der Waals surface area contributed by atoms with Crippen LogP contribution in [-0.4, -0.2) is 57.7 Å². The van der Waals surface area contributed by atoms with E-state index in [0.29, 0.717) is 0 Å². The Kier molecular flexibility index (Phi) is 10.6. The summed E-state index contributed by atoms with van der Waals surface area (Å²) < 4.78 is 7.68. The first-order valence-corrected chi connectivity index (χ1v) is 35.0. The van der Waals surface area contributed by atoms with Gasteiger partial charge >= 0.3 is 0 Å². The standard InChI is InChI=1S/C66H55B3N6S6/c1-65(2)38-17-11-13-23-50(38)71-55-26-35(76-5)25-49-60(55)67(42-21-15-19-40(65)63(42)71)44-31-45-52(33-48(44)70-49)73(79-8)58-29-37(78-7)30-59-62(58)69(45)47-32-46-53(34-54(47)75(59)81-10)74(80-9)57-28-36(77-6)27-56-61(57)68(46)43-22-16-20-41-64(43)72(56)51-24-14-12-18-39(51)66(41,3)4/h11-34,70H,1-10H3. The zero-order valence-electron chi connectivity index (χ0n) is 46.8. The van der Waals surface area contributed by atoms with Crippen molar-refractivity contribution in [3.63, 3.8) is 0 Å². The smallest absolute Gasteiger partial charge is 0.252 e. The van der Waals surface area contributed by atoms with Gasteiger partial charge in [0.1, 0.15) is 0 Å². The second-order valence-corrected chi connectivity index (χ2v) is 28.4. The Hall–Kier alpha value is -5.93. The monoisotopic (exact) mass is 1160 g/mol. The van der Waals surface area contributed by atoms with E-state index in [1.54, 1.807) is 0 Å². The van der Waals surface area contributed by atoms with Gasteiger partial charge in [-0.15, -0.1) is 35.3 Å². The highest BCUT2D eigenvalue weighted by molar-refractivity contribution is 8.01. The van der Waals surface area contributed by atoms with E-state index < -0.39 is 0 Å². The van der Waals surface area contributed by atoms with Crippen molar-refractivity contribution in [3.05, 3.63) is 168 Å². The fraction of sp³-hybridized carbons (Fsp3) is 0.182. The van der Waals surface area contributed by atoms with Crippen molar-refractivity contribution in [2.24, 2.45) is 0 Å². The summed E-state index contributed by atoms with van der Waals surface area (Å²) in [6.07, 6.45) is 13.5. The Morgan fingerprint density at radius 1 is 0.333 bits per heavy atom. The Bertz CT molecular complexity index is 4360. The van der Waals surface area contributed by atoms with Gasteiger partial charge < -0.3 is 15.1 Å². The lowest BCUT2D eigenvalue weighted by molar-refractivity contribution is 0.632. The predicted octanol–water partition coefficient (Wildman–Crippen LogP) is 12.5. The van der Waals surface area contributed by atoms with E-state index in [0.717, 1.165) is 0 Å². The van der Waals surface area contributed by atoms with Crippen LogP contribution in [0, 0.1) is 0 Å². The van der Waals surface area contributed by atoms with E-state index in [9.17, 15) is 0 Å². The Labute approximate surface area is 502 Å². The lowest BCUT2D eigenvalue weighted by Crippen LogP contribution is -2.66. The highest BCUT2D eigenvalue weighted by Gasteiger charge is 2.53. The zero-order chi connectivity index (χ0) is 54.9. The second kappa shape index (κ2) is 17.3. The van der Waals surface area contributed by atoms with Crippen molar-refractivity contribution in [1.82, 2.24) is 0 Å².